The molecule has 0 nitrogen and oxygen atoms in total. The second kappa shape index (κ2) is 5.57. The van der Waals surface area contributed by atoms with Crippen molar-refractivity contribution in [1.82, 2.24) is 0 Å². The summed E-state index contributed by atoms with van der Waals surface area (Å²) in [4.78, 5) is 0. The van der Waals surface area contributed by atoms with Gasteiger partial charge in [0.05, 0.1) is 0 Å². The van der Waals surface area contributed by atoms with Crippen LogP contribution in [0.3, 0.4) is 0 Å². The highest BCUT2D eigenvalue weighted by Gasteiger charge is 2.06. The summed E-state index contributed by atoms with van der Waals surface area (Å²) in [5.41, 5.74) is 5.10. The predicted octanol–water partition coefficient (Wildman–Crippen LogP) is 5.63. The zero-order chi connectivity index (χ0) is 13.1. The normalized spacial score (nSPS) is 10.4. The first kappa shape index (κ1) is 12.4. The molecule has 0 atom stereocenters. The minimum Gasteiger partial charge on any atom is -0.0622 e. The average molecular weight is 356 g/mol. The van der Waals surface area contributed by atoms with E-state index >= 15 is 0 Å². The number of rotatable bonds is 2. The summed E-state index contributed by atoms with van der Waals surface area (Å²) in [6, 6.07) is 27.7. The molecule has 3 aromatic carbocycles. The molecular formula is C18H13I. The molecule has 0 aliphatic heterocycles. The Morgan fingerprint density at radius 3 is 1.79 bits per heavy atom. The van der Waals surface area contributed by atoms with Crippen LogP contribution in [0.5, 0.6) is 0 Å². The van der Waals surface area contributed by atoms with Crippen molar-refractivity contribution in [2.45, 2.75) is 0 Å². The Hall–Kier alpha value is -1.61. The third-order valence-electron chi connectivity index (χ3n) is 3.15. The lowest BCUT2D eigenvalue weighted by Gasteiger charge is -2.10. The first-order chi connectivity index (χ1) is 9.34. The van der Waals surface area contributed by atoms with E-state index in [4.69, 9.17) is 0 Å². The molecule has 92 valence electrons. The predicted molar refractivity (Wildman–Crippen MR) is 90.0 cm³/mol. The van der Waals surface area contributed by atoms with E-state index in [9.17, 15) is 0 Å². The summed E-state index contributed by atoms with van der Waals surface area (Å²) in [5.74, 6) is 0. The van der Waals surface area contributed by atoms with Gasteiger partial charge < -0.3 is 0 Å². The van der Waals surface area contributed by atoms with E-state index in [0.29, 0.717) is 0 Å². The smallest absolute Gasteiger partial charge is 0.0136 e. The molecule has 0 fully saturated rings. The summed E-state index contributed by atoms with van der Waals surface area (Å²) in [5, 5.41) is 0. The molecule has 1 heteroatoms. The van der Waals surface area contributed by atoms with Crippen LogP contribution in [0.4, 0.5) is 0 Å². The van der Waals surface area contributed by atoms with Crippen molar-refractivity contribution < 1.29 is 0 Å². The fourth-order valence-corrected chi connectivity index (χ4v) is 2.80. The van der Waals surface area contributed by atoms with Gasteiger partial charge in [0.15, 0.2) is 0 Å². The van der Waals surface area contributed by atoms with Gasteiger partial charge in [-0.25, -0.2) is 0 Å². The van der Waals surface area contributed by atoms with E-state index in [2.05, 4.69) is 101 Å². The van der Waals surface area contributed by atoms with Crippen LogP contribution >= 0.6 is 22.6 Å². The van der Waals surface area contributed by atoms with Crippen LogP contribution in [0.1, 0.15) is 0 Å². The monoisotopic (exact) mass is 356 g/mol. The Kier molecular flexibility index (Phi) is 3.65. The number of hydrogen-bond acceptors (Lipinski definition) is 0. The lowest BCUT2D eigenvalue weighted by atomic mass is 9.95. The van der Waals surface area contributed by atoms with Gasteiger partial charge in [0.2, 0.25) is 0 Å². The maximum absolute atomic E-state index is 2.36. The van der Waals surface area contributed by atoms with Crippen LogP contribution < -0.4 is 0 Å². The molecule has 0 aromatic heterocycles. The highest BCUT2D eigenvalue weighted by Crippen LogP contribution is 2.32. The zero-order valence-corrected chi connectivity index (χ0v) is 12.5. The molecule has 0 saturated heterocycles. The summed E-state index contributed by atoms with van der Waals surface area (Å²) in [6.07, 6.45) is 0. The molecule has 0 bridgehead atoms. The Morgan fingerprint density at radius 1 is 0.526 bits per heavy atom. The number of halogens is 1. The quantitative estimate of drug-likeness (QED) is 0.523. The van der Waals surface area contributed by atoms with Crippen molar-refractivity contribution in [3.8, 4) is 22.3 Å². The summed E-state index contributed by atoms with van der Waals surface area (Å²) in [7, 11) is 0. The first-order valence-corrected chi connectivity index (χ1v) is 7.33. The molecule has 0 unspecified atom stereocenters. The molecule has 0 amide bonds. The van der Waals surface area contributed by atoms with Gasteiger partial charge in [0, 0.05) is 3.57 Å². The van der Waals surface area contributed by atoms with Gasteiger partial charge in [-0.15, -0.1) is 0 Å². The van der Waals surface area contributed by atoms with Crippen LogP contribution in [0.15, 0.2) is 78.9 Å². The fraction of sp³-hybridized carbons (Fsp3) is 0. The third kappa shape index (κ3) is 2.71. The van der Waals surface area contributed by atoms with Crippen molar-refractivity contribution >= 4 is 22.6 Å². The molecule has 0 N–H and O–H groups in total. The van der Waals surface area contributed by atoms with E-state index in [-0.39, 0.29) is 0 Å². The highest BCUT2D eigenvalue weighted by molar-refractivity contribution is 14.1. The summed E-state index contributed by atoms with van der Waals surface area (Å²) < 4.78 is 1.26. The van der Waals surface area contributed by atoms with Crippen LogP contribution in [-0.2, 0) is 0 Å². The largest absolute Gasteiger partial charge is 0.0622 e. The van der Waals surface area contributed by atoms with E-state index in [1.165, 1.54) is 25.8 Å². The lowest BCUT2D eigenvalue weighted by molar-refractivity contribution is 1.56. The van der Waals surface area contributed by atoms with Gasteiger partial charge in [0.1, 0.15) is 0 Å². The Balaban J connectivity index is 2.18. The number of hydrogen-bond donors (Lipinski definition) is 0. The van der Waals surface area contributed by atoms with Crippen molar-refractivity contribution in [2.24, 2.45) is 0 Å². The van der Waals surface area contributed by atoms with Gasteiger partial charge in [0.25, 0.3) is 0 Å². The van der Waals surface area contributed by atoms with Crippen LogP contribution in [0.2, 0.25) is 0 Å². The van der Waals surface area contributed by atoms with Gasteiger partial charge in [-0.3, -0.25) is 0 Å². The molecule has 0 radical (unpaired) electrons. The Morgan fingerprint density at radius 2 is 1.11 bits per heavy atom. The van der Waals surface area contributed by atoms with Crippen molar-refractivity contribution in [1.29, 1.82) is 0 Å². The molecule has 3 aromatic rings. The summed E-state index contributed by atoms with van der Waals surface area (Å²) in [6.45, 7) is 0. The van der Waals surface area contributed by atoms with E-state index in [0.717, 1.165) is 0 Å². The van der Waals surface area contributed by atoms with Crippen LogP contribution in [-0.4, -0.2) is 0 Å². The minimum absolute atomic E-state index is 1.26. The fourth-order valence-electron chi connectivity index (χ4n) is 2.26. The standard InChI is InChI=1S/C18H13I/c19-16-10-6-9-15(13-16)18-12-5-4-11-17(18)14-7-2-1-3-8-14/h1-13H. The lowest BCUT2D eigenvalue weighted by Crippen LogP contribution is -1.85. The second-order valence-corrected chi connectivity index (χ2v) is 5.67. The SMILES string of the molecule is Ic1cccc(-c2ccccc2-c2ccccc2)c1. The van der Waals surface area contributed by atoms with Gasteiger partial charge >= 0.3 is 0 Å². The molecule has 19 heavy (non-hydrogen) atoms. The van der Waals surface area contributed by atoms with Gasteiger partial charge in [-0.2, -0.15) is 0 Å². The maximum atomic E-state index is 2.36. The van der Waals surface area contributed by atoms with Crippen molar-refractivity contribution in [3.05, 3.63) is 82.4 Å². The average Bonchev–Trinajstić information content (AvgIpc) is 2.48. The minimum atomic E-state index is 1.26. The zero-order valence-electron chi connectivity index (χ0n) is 10.4. The van der Waals surface area contributed by atoms with Crippen LogP contribution in [0, 0.1) is 3.57 Å². The third-order valence-corrected chi connectivity index (χ3v) is 3.82. The van der Waals surface area contributed by atoms with E-state index in [1.807, 2.05) is 0 Å². The second-order valence-electron chi connectivity index (χ2n) is 4.42. The molecule has 0 spiro atoms. The number of benzene rings is 3. The van der Waals surface area contributed by atoms with E-state index in [1.54, 1.807) is 0 Å². The molecule has 0 saturated carbocycles. The molecule has 0 heterocycles. The highest BCUT2D eigenvalue weighted by atomic mass is 127. The van der Waals surface area contributed by atoms with Crippen LogP contribution in [0.25, 0.3) is 22.3 Å². The summed E-state index contributed by atoms with van der Waals surface area (Å²) >= 11 is 2.36. The topological polar surface area (TPSA) is 0 Å². The first-order valence-electron chi connectivity index (χ1n) is 6.25. The molecule has 0 aliphatic carbocycles. The molecular weight excluding hydrogens is 343 g/mol. The van der Waals surface area contributed by atoms with Gasteiger partial charge in [-0.1, -0.05) is 66.7 Å². The Bertz CT molecular complexity index is 687. The van der Waals surface area contributed by atoms with Crippen molar-refractivity contribution in [3.63, 3.8) is 0 Å². The van der Waals surface area contributed by atoms with Gasteiger partial charge in [-0.05, 0) is 57.0 Å². The van der Waals surface area contributed by atoms with Crippen molar-refractivity contribution in [2.75, 3.05) is 0 Å². The molecule has 0 aliphatic rings. The Labute approximate surface area is 127 Å². The maximum Gasteiger partial charge on any atom is 0.0136 e. The molecule has 3 rings (SSSR count). The van der Waals surface area contributed by atoms with E-state index < -0.39 is 0 Å².